The summed E-state index contributed by atoms with van der Waals surface area (Å²) in [5.41, 5.74) is 2.06. The average Bonchev–Trinajstić information content (AvgIpc) is 0.805. The monoisotopic (exact) mass is 1990 g/mol. The molecule has 0 amide bonds. The van der Waals surface area contributed by atoms with Crippen LogP contribution in [-0.2, 0) is 85.1 Å². The van der Waals surface area contributed by atoms with Gasteiger partial charge in [0.2, 0.25) is 0 Å². The molecule has 36 heteroatoms. The van der Waals surface area contributed by atoms with E-state index in [4.69, 9.17) is 65.4 Å². The Kier molecular flexibility index (Phi) is 33.9. The highest BCUT2D eigenvalue weighted by molar-refractivity contribution is 9.11. The largest absolute Gasteiger partial charge is 0.461 e. The molecule has 0 radical (unpaired) electrons. The molecule has 4 aliphatic heterocycles. The molecule has 121 heavy (non-hydrogen) atoms. The van der Waals surface area contributed by atoms with Crippen LogP contribution in [0.25, 0.3) is 43.6 Å². The zero-order valence-corrected chi connectivity index (χ0v) is 75.2. The van der Waals surface area contributed by atoms with Crippen LogP contribution in [0.4, 0.5) is 0 Å². The summed E-state index contributed by atoms with van der Waals surface area (Å²) in [6.45, 7) is 7.50. The topological polar surface area (TPSA) is 361 Å². The third-order valence-electron chi connectivity index (χ3n) is 20.5. The molecular weight excluding hydrogens is 1910 g/mol. The Bertz CT molecular complexity index is 5770. The molecule has 4 aliphatic rings. The number of carbonyl (C=O) groups excluding carboxylic acids is 8. The number of fused-ring (bicyclic) bond motifs is 4. The minimum absolute atomic E-state index is 0.0968. The molecule has 14 rings (SSSR count). The lowest BCUT2D eigenvalue weighted by Crippen LogP contribution is -2.48. The lowest BCUT2D eigenvalue weighted by Gasteiger charge is -2.32. The summed E-state index contributed by atoms with van der Waals surface area (Å²) in [4.78, 5) is 167. The Hall–Kier alpha value is -8.64. The first-order valence-corrected chi connectivity index (χ1v) is 43.9. The van der Waals surface area contributed by atoms with Crippen molar-refractivity contribution >= 4 is 201 Å². The highest BCUT2D eigenvalue weighted by Gasteiger charge is 2.35. The summed E-state index contributed by atoms with van der Waals surface area (Å²) in [5.74, 6) is -2.16. The third-order valence-corrected chi connectivity index (χ3v) is 25.3. The number of Topliss-reactive ketones (excluding diaryl/α,β-unsaturated/α-hetero) is 4. The highest BCUT2D eigenvalue weighted by Crippen LogP contribution is 2.31. The van der Waals surface area contributed by atoms with Gasteiger partial charge in [0, 0.05) is 50.5 Å². The van der Waals surface area contributed by atoms with Gasteiger partial charge in [0.25, 0.3) is 22.2 Å². The number of piperidine rings is 4. The van der Waals surface area contributed by atoms with Gasteiger partial charge in [-0.1, -0.05) is 109 Å². The average molecular weight is 1990 g/mol. The second-order valence-electron chi connectivity index (χ2n) is 29.9. The summed E-state index contributed by atoms with van der Waals surface area (Å²) >= 11 is 37.6. The molecule has 4 saturated heterocycles. The maximum atomic E-state index is 12.8. The standard InChI is InChI=1S/C24H23BrClN3O4.C23H21BrClN3O4.C20H23BrClN3O4.C18H19BrClN3O4/c25-18-12-20-17(11-19(18)26)24(32)29(14-28-20)13-16(30)10-21-22(7-4-8-27-21)33-23(31)9-15-5-2-1-3-6-15;24-17-11-19-16(10-18(17)25)22(30)28(13-27-19)12-15(29)9-20-21(7-4-8-26-20)32-23(31)14-5-2-1-3-6-14;1-11(2)20(28)29-18-4-3-5-23-17(18)6-12(26)9-25-10-24-16-8-14(21)15(22)7-13(16)19(25)27;1-10(24)27-17-3-2-4-21-16(17)5-11(25)8-23-9-22-15-7-13(19)14(20)6-12(15)18(23)26/h1-3,5-6,11-12,14,21-22,27H,4,7-10,13H2;1-3,5-6,10-11,13,20-21,26H,4,7-9,12H2;7-8,10-11,17-18,23H,3-6,9H2,1-2H3;6-7,9,16-17,21H,2-5,8H2,1H3/t21-,22+;20-,21+;17-,18+;16-,17+/m1111/s1. The van der Waals surface area contributed by atoms with E-state index < -0.39 is 12.1 Å². The molecule has 10 aromatic rings. The maximum absolute atomic E-state index is 12.8. The van der Waals surface area contributed by atoms with Crippen LogP contribution >= 0.6 is 110 Å². The summed E-state index contributed by atoms with van der Waals surface area (Å²) in [5, 5.41) is 16.1. The zero-order valence-electron chi connectivity index (χ0n) is 65.9. The van der Waals surface area contributed by atoms with E-state index in [2.05, 4.69) is 105 Å². The van der Waals surface area contributed by atoms with Gasteiger partial charge in [0.15, 0.2) is 23.1 Å². The molecule has 4 N–H and O–H groups in total. The molecule has 4 fully saturated rings. The molecule has 6 aromatic carbocycles. The van der Waals surface area contributed by atoms with Crippen molar-refractivity contribution in [3.63, 3.8) is 0 Å². The minimum atomic E-state index is -0.414. The molecule has 638 valence electrons. The van der Waals surface area contributed by atoms with Gasteiger partial charge >= 0.3 is 23.9 Å². The number of benzene rings is 6. The fraction of sp³-hybridized carbons (Fsp3) is 0.388. The molecular formula is C85H86Br4Cl4N12O16. The number of carbonyl (C=O) groups is 8. The van der Waals surface area contributed by atoms with Gasteiger partial charge < -0.3 is 40.2 Å². The summed E-state index contributed by atoms with van der Waals surface area (Å²) in [7, 11) is 0. The normalized spacial score (nSPS) is 18.9. The van der Waals surface area contributed by atoms with Crippen molar-refractivity contribution in [1.82, 2.24) is 59.5 Å². The van der Waals surface area contributed by atoms with E-state index in [1.165, 1.54) is 56.6 Å². The van der Waals surface area contributed by atoms with Crippen LogP contribution in [0.15, 0.2) is 172 Å². The lowest BCUT2D eigenvalue weighted by molar-refractivity contribution is -0.156. The van der Waals surface area contributed by atoms with Gasteiger partial charge in [-0.25, -0.2) is 24.7 Å². The molecule has 8 atom stereocenters. The minimum Gasteiger partial charge on any atom is -0.461 e. The van der Waals surface area contributed by atoms with Gasteiger partial charge in [-0.3, -0.25) is 71.0 Å². The number of halogens is 8. The van der Waals surface area contributed by atoms with Crippen molar-refractivity contribution in [3.05, 3.63) is 225 Å². The molecule has 0 unspecified atom stereocenters. The molecule has 0 saturated carbocycles. The molecule has 28 nitrogen and oxygen atoms in total. The summed E-state index contributed by atoms with van der Waals surface area (Å²) in [6, 6.07) is 29.9. The van der Waals surface area contributed by atoms with E-state index >= 15 is 0 Å². The van der Waals surface area contributed by atoms with Crippen LogP contribution in [0.5, 0.6) is 0 Å². The lowest BCUT2D eigenvalue weighted by atomic mass is 9.96. The van der Waals surface area contributed by atoms with Crippen LogP contribution in [0.1, 0.15) is 114 Å². The zero-order chi connectivity index (χ0) is 86.7. The van der Waals surface area contributed by atoms with Crippen LogP contribution in [0.2, 0.25) is 20.1 Å². The maximum Gasteiger partial charge on any atom is 0.338 e. The van der Waals surface area contributed by atoms with E-state index in [1.54, 1.807) is 80.6 Å². The SMILES string of the molecule is CC(=O)O[C@H]1CCCN[C@@H]1CC(=O)Cn1cnc2cc(Br)c(Cl)cc2c1=O.CC(C)C(=O)O[C@H]1CCCN[C@@H]1CC(=O)Cn1cnc2cc(Br)c(Cl)cc2c1=O.O=C(C[C@H]1NCCC[C@@H]1OC(=O)Cc1ccccc1)Cn1cnc2cc(Br)c(Cl)cc2c1=O.O=C(C[C@H]1NCCC[C@@H]1OC(=O)c1ccccc1)Cn1cnc2cc(Br)c(Cl)cc2c1=O. The Morgan fingerprint density at radius 1 is 0.413 bits per heavy atom. The van der Waals surface area contributed by atoms with Crippen molar-refractivity contribution in [1.29, 1.82) is 0 Å². The molecule has 0 aliphatic carbocycles. The Labute approximate surface area is 747 Å². The number of hydrogen-bond donors (Lipinski definition) is 4. The summed E-state index contributed by atoms with van der Waals surface area (Å²) < 4.78 is 30.0. The quantitative estimate of drug-likeness (QED) is 0.0322. The molecule has 8 heterocycles. The first-order chi connectivity index (χ1) is 57.9. The number of esters is 4. The number of ketones is 4. The van der Waals surface area contributed by atoms with Crippen molar-refractivity contribution in [2.75, 3.05) is 26.2 Å². The number of nitrogens with zero attached hydrogens (tertiary/aromatic N) is 8. The van der Waals surface area contributed by atoms with E-state index in [1.807, 2.05) is 36.4 Å². The molecule has 0 bridgehead atoms. The van der Waals surface area contributed by atoms with Crippen LogP contribution in [-0.4, -0.2) is 160 Å². The van der Waals surface area contributed by atoms with Crippen LogP contribution in [0.3, 0.4) is 0 Å². The fourth-order valence-electron chi connectivity index (χ4n) is 14.4. The van der Waals surface area contributed by atoms with Gasteiger partial charge in [-0.05, 0) is 207 Å². The number of rotatable bonds is 24. The first-order valence-electron chi connectivity index (χ1n) is 39.2. The van der Waals surface area contributed by atoms with Crippen molar-refractivity contribution < 1.29 is 57.3 Å². The summed E-state index contributed by atoms with van der Waals surface area (Å²) in [6.07, 6.45) is 11.1. The second-order valence-corrected chi connectivity index (χ2v) is 35.0. The van der Waals surface area contributed by atoms with E-state index in [9.17, 15) is 57.5 Å². The van der Waals surface area contributed by atoms with Crippen molar-refractivity contribution in [3.8, 4) is 0 Å². The second kappa shape index (κ2) is 44.1. The number of aromatic nitrogens is 8. The molecule has 4 aromatic heterocycles. The van der Waals surface area contributed by atoms with E-state index in [-0.39, 0.29) is 170 Å². The Morgan fingerprint density at radius 2 is 0.702 bits per heavy atom. The first kappa shape index (κ1) is 93.1. The fourth-order valence-corrected chi connectivity index (χ4v) is 16.4. The van der Waals surface area contributed by atoms with E-state index in [0.29, 0.717) is 106 Å². The van der Waals surface area contributed by atoms with E-state index in [0.717, 1.165) is 63.8 Å². The third kappa shape index (κ3) is 25.8. The van der Waals surface area contributed by atoms with Crippen molar-refractivity contribution in [2.45, 2.75) is 179 Å². The van der Waals surface area contributed by atoms with Crippen LogP contribution < -0.4 is 43.5 Å². The highest BCUT2D eigenvalue weighted by atomic mass is 79.9. The molecule has 0 spiro atoms. The van der Waals surface area contributed by atoms with Crippen LogP contribution in [0, 0.1) is 5.92 Å². The number of nitrogens with one attached hydrogen (secondary N) is 4. The van der Waals surface area contributed by atoms with Crippen molar-refractivity contribution in [2.24, 2.45) is 5.92 Å². The van der Waals surface area contributed by atoms with Gasteiger partial charge in [-0.2, -0.15) is 0 Å². The van der Waals surface area contributed by atoms with Gasteiger partial charge in [0.05, 0.1) is 157 Å². The number of ether oxygens (including phenoxy) is 4. The number of hydrogen-bond acceptors (Lipinski definition) is 24. The predicted octanol–water partition coefficient (Wildman–Crippen LogP) is 13.0. The van der Waals surface area contributed by atoms with Gasteiger partial charge in [0.1, 0.15) is 24.4 Å². The Balaban J connectivity index is 0.000000158. The Morgan fingerprint density at radius 3 is 1.01 bits per heavy atom. The smallest absolute Gasteiger partial charge is 0.338 e. The van der Waals surface area contributed by atoms with Gasteiger partial charge in [-0.15, -0.1) is 0 Å². The predicted molar refractivity (Wildman–Crippen MR) is 473 cm³/mol.